The fourth-order valence-electron chi connectivity index (χ4n) is 3.51. The van der Waals surface area contributed by atoms with Gasteiger partial charge in [0.25, 0.3) is 0 Å². The highest BCUT2D eigenvalue weighted by Gasteiger charge is 2.32. The third-order valence-electron chi connectivity index (χ3n) is 5.22. The molecule has 0 amide bonds. The number of aliphatic hydroxyl groups is 2. The van der Waals surface area contributed by atoms with E-state index in [1.165, 1.54) is 14.2 Å². The van der Waals surface area contributed by atoms with Crippen LogP contribution in [0.25, 0.3) is 0 Å². The SMILES string of the molecule is C=C[C@@H]([C@H](C=C)[C@@H](O)c1ccc(OC)c(OC)c1)[C@H](O)c1ccc(OC)c(OC)c1. The fraction of sp³-hybridized carbons (Fsp3) is 0.333. The van der Waals surface area contributed by atoms with Crippen LogP contribution in [-0.2, 0) is 0 Å². The Kier molecular flexibility index (Phi) is 8.33. The standard InChI is InChI=1S/C24H30O6/c1-7-17(23(25)15-9-11-19(27-3)21(13-15)29-5)18(8-2)24(26)16-10-12-20(28-4)22(14-16)30-6/h7-14,17-18,23-26H,1-2H2,3-6H3/t17-,18-,23-,24+/m0/s1. The molecule has 0 heterocycles. The molecule has 0 fully saturated rings. The summed E-state index contributed by atoms with van der Waals surface area (Å²) in [5.74, 6) is 1.12. The second kappa shape index (κ2) is 10.7. The van der Waals surface area contributed by atoms with Crippen LogP contribution >= 0.6 is 0 Å². The molecule has 0 aliphatic rings. The third kappa shape index (κ3) is 4.78. The van der Waals surface area contributed by atoms with Gasteiger partial charge in [0.15, 0.2) is 23.0 Å². The van der Waals surface area contributed by atoms with Crippen LogP contribution in [0, 0.1) is 11.8 Å². The Morgan fingerprint density at radius 2 is 0.967 bits per heavy atom. The molecular weight excluding hydrogens is 384 g/mol. The second-order valence-electron chi connectivity index (χ2n) is 6.74. The smallest absolute Gasteiger partial charge is 0.161 e. The van der Waals surface area contributed by atoms with Crippen LogP contribution in [0.15, 0.2) is 61.7 Å². The van der Waals surface area contributed by atoms with E-state index in [9.17, 15) is 10.2 Å². The molecule has 2 aromatic carbocycles. The Hall–Kier alpha value is -2.96. The van der Waals surface area contributed by atoms with Crippen molar-refractivity contribution in [2.24, 2.45) is 11.8 Å². The fourth-order valence-corrected chi connectivity index (χ4v) is 3.51. The lowest BCUT2D eigenvalue weighted by Gasteiger charge is -2.31. The highest BCUT2D eigenvalue weighted by atomic mass is 16.5. The molecular formula is C24H30O6. The molecule has 0 aromatic heterocycles. The van der Waals surface area contributed by atoms with Gasteiger partial charge in [-0.1, -0.05) is 24.3 Å². The predicted octanol–water partition coefficient (Wildman–Crippen LogP) is 4.09. The minimum Gasteiger partial charge on any atom is -0.493 e. The minimum absolute atomic E-state index is 0.507. The summed E-state index contributed by atoms with van der Waals surface area (Å²) < 4.78 is 21.2. The van der Waals surface area contributed by atoms with Crippen molar-refractivity contribution in [3.8, 4) is 23.0 Å². The number of hydrogen-bond acceptors (Lipinski definition) is 6. The van der Waals surface area contributed by atoms with Gasteiger partial charge in [0.1, 0.15) is 0 Å². The van der Waals surface area contributed by atoms with Gasteiger partial charge in [-0.3, -0.25) is 0 Å². The van der Waals surface area contributed by atoms with E-state index in [1.807, 2.05) is 0 Å². The van der Waals surface area contributed by atoms with Crippen LogP contribution in [0.4, 0.5) is 0 Å². The molecule has 2 aromatic rings. The Labute approximate surface area is 178 Å². The number of ether oxygens (including phenoxy) is 4. The van der Waals surface area contributed by atoms with Crippen molar-refractivity contribution in [3.05, 3.63) is 72.8 Å². The molecule has 0 aliphatic carbocycles. The summed E-state index contributed by atoms with van der Waals surface area (Å²) >= 11 is 0. The van der Waals surface area contributed by atoms with Crippen LogP contribution in [0.5, 0.6) is 23.0 Å². The van der Waals surface area contributed by atoms with E-state index in [0.29, 0.717) is 34.1 Å². The first-order chi connectivity index (χ1) is 14.4. The van der Waals surface area contributed by atoms with Crippen LogP contribution < -0.4 is 18.9 Å². The molecule has 6 heteroatoms. The van der Waals surface area contributed by atoms with E-state index in [0.717, 1.165) is 0 Å². The second-order valence-corrected chi connectivity index (χ2v) is 6.74. The zero-order chi connectivity index (χ0) is 22.3. The summed E-state index contributed by atoms with van der Waals surface area (Å²) in [5.41, 5.74) is 1.23. The van der Waals surface area contributed by atoms with Crippen molar-refractivity contribution in [1.82, 2.24) is 0 Å². The molecule has 0 saturated heterocycles. The van der Waals surface area contributed by atoms with E-state index in [-0.39, 0.29) is 0 Å². The van der Waals surface area contributed by atoms with Gasteiger partial charge in [-0.2, -0.15) is 0 Å². The van der Waals surface area contributed by atoms with E-state index < -0.39 is 24.0 Å². The van der Waals surface area contributed by atoms with Gasteiger partial charge < -0.3 is 29.2 Å². The normalized spacial score (nSPS) is 14.7. The number of hydrogen-bond donors (Lipinski definition) is 2. The molecule has 0 aliphatic heterocycles. The van der Waals surface area contributed by atoms with Crippen LogP contribution in [0.1, 0.15) is 23.3 Å². The van der Waals surface area contributed by atoms with Gasteiger partial charge in [-0.25, -0.2) is 0 Å². The van der Waals surface area contributed by atoms with Crippen molar-refractivity contribution < 1.29 is 29.2 Å². The lowest BCUT2D eigenvalue weighted by Crippen LogP contribution is -2.24. The van der Waals surface area contributed by atoms with Crippen molar-refractivity contribution in [1.29, 1.82) is 0 Å². The monoisotopic (exact) mass is 414 g/mol. The highest BCUT2D eigenvalue weighted by Crippen LogP contribution is 2.41. The first-order valence-electron chi connectivity index (χ1n) is 9.50. The molecule has 6 nitrogen and oxygen atoms in total. The van der Waals surface area contributed by atoms with Gasteiger partial charge in [0.2, 0.25) is 0 Å². The maximum Gasteiger partial charge on any atom is 0.161 e. The van der Waals surface area contributed by atoms with Crippen LogP contribution in [-0.4, -0.2) is 38.7 Å². The first kappa shape index (κ1) is 23.3. The van der Waals surface area contributed by atoms with Gasteiger partial charge in [-0.15, -0.1) is 13.2 Å². The molecule has 2 N–H and O–H groups in total. The van der Waals surface area contributed by atoms with Crippen molar-refractivity contribution in [3.63, 3.8) is 0 Å². The Balaban J connectivity index is 2.37. The molecule has 0 spiro atoms. The lowest BCUT2D eigenvalue weighted by atomic mass is 9.79. The number of rotatable bonds is 11. The summed E-state index contributed by atoms with van der Waals surface area (Å²) in [6.45, 7) is 7.74. The Morgan fingerprint density at radius 1 is 0.633 bits per heavy atom. The maximum atomic E-state index is 11.1. The molecule has 162 valence electrons. The van der Waals surface area contributed by atoms with E-state index in [1.54, 1.807) is 62.8 Å². The van der Waals surface area contributed by atoms with Crippen LogP contribution in [0.2, 0.25) is 0 Å². The summed E-state index contributed by atoms with van der Waals surface area (Å²) in [6, 6.07) is 10.4. The van der Waals surface area contributed by atoms with Crippen molar-refractivity contribution in [2.75, 3.05) is 28.4 Å². The number of aliphatic hydroxyl groups excluding tert-OH is 2. The Bertz CT molecular complexity index is 791. The average Bonchev–Trinajstić information content (AvgIpc) is 2.80. The lowest BCUT2D eigenvalue weighted by molar-refractivity contribution is 0.0464. The molecule has 0 bridgehead atoms. The predicted molar refractivity (Wildman–Crippen MR) is 116 cm³/mol. The van der Waals surface area contributed by atoms with E-state index >= 15 is 0 Å². The number of methoxy groups -OCH3 is 4. The quantitative estimate of drug-likeness (QED) is 0.539. The molecule has 0 radical (unpaired) electrons. The molecule has 2 rings (SSSR count). The minimum atomic E-state index is -0.944. The zero-order valence-corrected chi connectivity index (χ0v) is 17.9. The molecule has 4 atom stereocenters. The average molecular weight is 414 g/mol. The van der Waals surface area contributed by atoms with E-state index in [2.05, 4.69) is 13.2 Å². The summed E-state index contributed by atoms with van der Waals surface area (Å²) in [5, 5.41) is 22.1. The summed E-state index contributed by atoms with van der Waals surface area (Å²) in [7, 11) is 6.17. The van der Waals surface area contributed by atoms with Gasteiger partial charge in [-0.05, 0) is 35.4 Å². The Morgan fingerprint density at radius 3 is 1.23 bits per heavy atom. The van der Waals surface area contributed by atoms with Gasteiger partial charge in [0, 0.05) is 11.8 Å². The van der Waals surface area contributed by atoms with Crippen molar-refractivity contribution in [2.45, 2.75) is 12.2 Å². The first-order valence-corrected chi connectivity index (χ1v) is 9.50. The third-order valence-corrected chi connectivity index (χ3v) is 5.22. The zero-order valence-electron chi connectivity index (χ0n) is 17.9. The topological polar surface area (TPSA) is 77.4 Å². The van der Waals surface area contributed by atoms with Gasteiger partial charge >= 0.3 is 0 Å². The largest absolute Gasteiger partial charge is 0.493 e. The molecule has 0 saturated carbocycles. The molecule has 0 unspecified atom stereocenters. The van der Waals surface area contributed by atoms with Gasteiger partial charge in [0.05, 0.1) is 40.6 Å². The maximum absolute atomic E-state index is 11.1. The summed E-state index contributed by atoms with van der Waals surface area (Å²) in [4.78, 5) is 0. The highest BCUT2D eigenvalue weighted by molar-refractivity contribution is 5.45. The summed E-state index contributed by atoms with van der Waals surface area (Å²) in [6.07, 6.45) is 1.36. The number of benzene rings is 2. The van der Waals surface area contributed by atoms with Crippen molar-refractivity contribution >= 4 is 0 Å². The molecule has 30 heavy (non-hydrogen) atoms. The van der Waals surface area contributed by atoms with Crippen LogP contribution in [0.3, 0.4) is 0 Å². The van der Waals surface area contributed by atoms with E-state index in [4.69, 9.17) is 18.9 Å².